The molecule has 0 atom stereocenters. The molecule has 4 heterocycles. The van der Waals surface area contributed by atoms with Crippen molar-refractivity contribution in [3.8, 4) is 57.2 Å². The number of hydrogen-bond donors (Lipinski definition) is 8. The van der Waals surface area contributed by atoms with Crippen molar-refractivity contribution in [2.45, 2.75) is 31.6 Å². The van der Waals surface area contributed by atoms with Crippen LogP contribution in [0.15, 0.2) is 72.8 Å². The van der Waals surface area contributed by atoms with E-state index in [4.69, 9.17) is 0 Å². The number of benzene rings is 5. The number of rotatable bonds is 5. The Labute approximate surface area is 314 Å². The predicted octanol–water partition coefficient (Wildman–Crippen LogP) is 9.04. The third kappa shape index (κ3) is 5.38. The van der Waals surface area contributed by atoms with Gasteiger partial charge in [0.15, 0.2) is 0 Å². The summed E-state index contributed by atoms with van der Waals surface area (Å²) in [5.74, 6) is -0.659. The topological polar surface area (TPSA) is 196 Å². The zero-order valence-electron chi connectivity index (χ0n) is 29.3. The van der Waals surface area contributed by atoms with Gasteiger partial charge in [0.05, 0.1) is 60.8 Å². The van der Waals surface area contributed by atoms with Crippen LogP contribution in [0.1, 0.15) is 22.5 Å². The number of nitrogens with zero attached hydrogens (tertiary/aromatic N) is 4. The zero-order chi connectivity index (χ0) is 40.3. The lowest BCUT2D eigenvalue weighted by atomic mass is 9.72. The molecule has 0 aliphatic heterocycles. The summed E-state index contributed by atoms with van der Waals surface area (Å²) in [4.78, 5) is 29.1. The van der Waals surface area contributed by atoms with Crippen LogP contribution in [0.4, 0.5) is 26.3 Å². The van der Waals surface area contributed by atoms with Gasteiger partial charge in [-0.1, -0.05) is 12.1 Å². The van der Waals surface area contributed by atoms with E-state index in [2.05, 4.69) is 39.9 Å². The van der Waals surface area contributed by atoms with Crippen LogP contribution in [0.25, 0.3) is 78.3 Å². The Morgan fingerprint density at radius 3 is 1.33 bits per heavy atom. The summed E-state index contributed by atoms with van der Waals surface area (Å²) in [7, 11) is 0. The van der Waals surface area contributed by atoms with Gasteiger partial charge in [-0.15, -0.1) is 0 Å². The molecule has 288 valence electrons. The van der Waals surface area contributed by atoms with E-state index in [-0.39, 0.29) is 73.5 Å². The van der Waals surface area contributed by atoms with Gasteiger partial charge in [-0.2, -0.15) is 26.3 Å². The third-order valence-corrected chi connectivity index (χ3v) is 10.1. The molecule has 57 heavy (non-hydrogen) atoms. The number of halogens is 6. The quantitative estimate of drug-likeness (QED) is 0.0625. The zero-order valence-corrected chi connectivity index (χ0v) is 29.3. The molecule has 0 amide bonds. The van der Waals surface area contributed by atoms with Crippen LogP contribution in [0.3, 0.4) is 0 Å². The smallest absolute Gasteiger partial charge is 0.411 e. The van der Waals surface area contributed by atoms with Gasteiger partial charge in [0, 0.05) is 0 Å². The van der Waals surface area contributed by atoms with E-state index >= 15 is 26.3 Å². The summed E-state index contributed by atoms with van der Waals surface area (Å²) in [6.07, 6.45) is -11.9. The van der Waals surface area contributed by atoms with Crippen LogP contribution in [0.5, 0.6) is 23.0 Å². The minimum atomic E-state index is -5.94. The molecule has 8 N–H and O–H groups in total. The second kappa shape index (κ2) is 11.9. The van der Waals surface area contributed by atoms with Crippen LogP contribution in [-0.4, -0.2) is 72.7 Å². The fraction of sp³-hybridized carbons (Fsp3) is 0.128. The monoisotopic (exact) mass is 784 g/mol. The van der Waals surface area contributed by atoms with E-state index in [9.17, 15) is 20.4 Å². The largest absolute Gasteiger partial charge is 0.508 e. The number of aromatic nitrogens is 8. The lowest BCUT2D eigenvalue weighted by molar-refractivity contribution is -0.288. The van der Waals surface area contributed by atoms with Gasteiger partial charge < -0.3 is 40.4 Å². The van der Waals surface area contributed by atoms with Crippen LogP contribution in [0, 0.1) is 13.8 Å². The van der Waals surface area contributed by atoms with Gasteiger partial charge in [-0.25, -0.2) is 19.9 Å². The van der Waals surface area contributed by atoms with Crippen LogP contribution in [0.2, 0.25) is 0 Å². The van der Waals surface area contributed by atoms with Crippen LogP contribution < -0.4 is 0 Å². The first kappa shape index (κ1) is 35.5. The molecule has 9 aromatic rings. The Kier molecular flexibility index (Phi) is 7.39. The van der Waals surface area contributed by atoms with Crippen molar-refractivity contribution in [3.05, 3.63) is 95.3 Å². The highest BCUT2D eigenvalue weighted by molar-refractivity contribution is 5.93. The molecule has 0 spiro atoms. The van der Waals surface area contributed by atoms with Crippen LogP contribution >= 0.6 is 0 Å². The third-order valence-electron chi connectivity index (χ3n) is 10.1. The molecule has 0 aliphatic carbocycles. The molecule has 0 fully saturated rings. The van der Waals surface area contributed by atoms with Gasteiger partial charge in [0.1, 0.15) is 46.3 Å². The number of aromatic amines is 4. The van der Waals surface area contributed by atoms with Crippen molar-refractivity contribution >= 4 is 44.1 Å². The van der Waals surface area contributed by atoms with E-state index in [0.717, 1.165) is 23.7 Å². The minimum absolute atomic E-state index is 0.0248. The summed E-state index contributed by atoms with van der Waals surface area (Å²) in [6.45, 7) is 3.33. The molecule has 18 heteroatoms. The number of nitrogens with one attached hydrogen (secondary N) is 4. The molecule has 4 aromatic heterocycles. The Morgan fingerprint density at radius 1 is 0.439 bits per heavy atom. The number of phenols is 4. The minimum Gasteiger partial charge on any atom is -0.508 e. The maximum absolute atomic E-state index is 15.2. The molecular formula is C39H26F6N8O4. The molecule has 0 saturated heterocycles. The Hall–Kier alpha value is -7.24. The maximum Gasteiger partial charge on any atom is 0.411 e. The highest BCUT2D eigenvalue weighted by Gasteiger charge is 2.72. The summed E-state index contributed by atoms with van der Waals surface area (Å²) < 4.78 is 91.3. The van der Waals surface area contributed by atoms with Gasteiger partial charge >= 0.3 is 12.4 Å². The number of aromatic hydroxyl groups is 4. The van der Waals surface area contributed by atoms with Crippen molar-refractivity contribution < 1.29 is 46.8 Å². The molecule has 0 aliphatic rings. The van der Waals surface area contributed by atoms with Crippen molar-refractivity contribution in [2.24, 2.45) is 0 Å². The fourth-order valence-electron chi connectivity index (χ4n) is 7.31. The highest BCUT2D eigenvalue weighted by Crippen LogP contribution is 2.57. The number of phenolic OH excluding ortho intramolecular Hbond substituents is 4. The van der Waals surface area contributed by atoms with E-state index in [0.29, 0.717) is 52.2 Å². The first-order valence-corrected chi connectivity index (χ1v) is 17.0. The van der Waals surface area contributed by atoms with E-state index in [1.807, 2.05) is 6.92 Å². The average molecular weight is 785 g/mol. The molecule has 0 bridgehead atoms. The molecule has 9 rings (SSSR count). The Balaban J connectivity index is 1.12. The van der Waals surface area contributed by atoms with E-state index < -0.39 is 34.6 Å². The summed E-state index contributed by atoms with van der Waals surface area (Å²) in [6, 6.07) is 13.0. The Morgan fingerprint density at radius 2 is 0.842 bits per heavy atom. The number of fused-ring (bicyclic) bond motifs is 4. The number of alkyl halides is 6. The van der Waals surface area contributed by atoms with Gasteiger partial charge in [-0.05, 0) is 91.2 Å². The second-order valence-corrected chi connectivity index (χ2v) is 13.7. The molecule has 0 radical (unpaired) electrons. The summed E-state index contributed by atoms with van der Waals surface area (Å²) >= 11 is 0. The lowest BCUT2D eigenvalue weighted by Crippen LogP contribution is -2.54. The van der Waals surface area contributed by atoms with Gasteiger partial charge in [0.2, 0.25) is 5.41 Å². The highest BCUT2D eigenvalue weighted by atomic mass is 19.4. The van der Waals surface area contributed by atoms with Crippen molar-refractivity contribution in [1.29, 1.82) is 0 Å². The van der Waals surface area contributed by atoms with Crippen molar-refractivity contribution in [1.82, 2.24) is 39.9 Å². The SMILES string of the molecule is Cc1nc2cc3nc(-c4cc(O)c(-c5nc6cc(C(c7ccc8[nH]c(-c9cc(O)c(C)cc9O)nc8c7)(C(F)(F)F)C(F)(F)F)ccc6[nH]5)cc4O)[nH]c3cc2[nH]1. The summed E-state index contributed by atoms with van der Waals surface area (Å²) in [5, 5.41) is 42.7. The second-order valence-electron chi connectivity index (χ2n) is 13.7. The average Bonchev–Trinajstić information content (AvgIpc) is 3.92. The normalized spacial score (nSPS) is 12.8. The molecule has 5 aromatic carbocycles. The maximum atomic E-state index is 15.2. The van der Waals surface area contributed by atoms with Gasteiger partial charge in [-0.3, -0.25) is 0 Å². The molecular weight excluding hydrogens is 758 g/mol. The Bertz CT molecular complexity index is 3040. The number of H-pyrrole nitrogens is 4. The number of aryl methyl sites for hydroxylation is 2. The van der Waals surface area contributed by atoms with E-state index in [1.54, 1.807) is 12.1 Å². The first-order valence-electron chi connectivity index (χ1n) is 17.0. The standard InChI is InChI=1S/C39H26F6N8O4/c1-15-7-31(55)19(10-30(15)54)34-48-22-5-3-17(8-24(22)50-34)37(38(40,41)42,39(43,44)45)18-4-6-23-25(9-18)51-35(49-23)20-11-33(57)21(12-32(20)56)36-52-28-13-26-27(14-29(28)53-36)47-16(2)46-26/h3-14,54-57H,1-2H3,(H,46,47)(H,48,50)(H,49,51)(H,52,53). The van der Waals surface area contributed by atoms with E-state index in [1.165, 1.54) is 25.1 Å². The van der Waals surface area contributed by atoms with Gasteiger partial charge in [0.25, 0.3) is 0 Å². The van der Waals surface area contributed by atoms with Crippen LogP contribution in [-0.2, 0) is 5.41 Å². The van der Waals surface area contributed by atoms with Crippen molar-refractivity contribution in [2.75, 3.05) is 0 Å². The number of imidazole rings is 4. The fourth-order valence-corrected chi connectivity index (χ4v) is 7.31. The van der Waals surface area contributed by atoms with Crippen molar-refractivity contribution in [3.63, 3.8) is 0 Å². The summed E-state index contributed by atoms with van der Waals surface area (Å²) in [5.41, 5.74) is -4.52. The lowest BCUT2D eigenvalue weighted by Gasteiger charge is -2.38. The number of hydrogen-bond acceptors (Lipinski definition) is 8. The molecule has 0 unspecified atom stereocenters. The first-order chi connectivity index (χ1) is 26.9. The molecule has 12 nitrogen and oxygen atoms in total. The predicted molar refractivity (Wildman–Crippen MR) is 197 cm³/mol. The molecule has 0 saturated carbocycles.